The van der Waals surface area contributed by atoms with Gasteiger partial charge in [-0.1, -0.05) is 6.92 Å². The van der Waals surface area contributed by atoms with Crippen LogP contribution in [0, 0.1) is 10.1 Å². The second-order valence-corrected chi connectivity index (χ2v) is 5.29. The second-order valence-electron chi connectivity index (χ2n) is 5.29. The number of nitro benzene ring substituents is 1. The van der Waals surface area contributed by atoms with Gasteiger partial charge in [-0.05, 0) is 31.7 Å². The quantitative estimate of drug-likeness (QED) is 0.682. The van der Waals surface area contributed by atoms with E-state index in [-0.39, 0.29) is 11.2 Å². The molecule has 1 aliphatic rings. The number of fused-ring (bicyclic) bond motifs is 1. The Balaban J connectivity index is 2.05. The maximum atomic E-state index is 10.9. The van der Waals surface area contributed by atoms with Gasteiger partial charge < -0.3 is 5.32 Å². The van der Waals surface area contributed by atoms with Gasteiger partial charge in [-0.15, -0.1) is 0 Å². The Bertz CT molecular complexity index is 662. The number of hydrogen-bond donors (Lipinski definition) is 1. The summed E-state index contributed by atoms with van der Waals surface area (Å²) >= 11 is 0. The van der Waals surface area contributed by atoms with Crippen molar-refractivity contribution in [3.63, 3.8) is 0 Å². The first-order chi connectivity index (χ1) is 9.63. The van der Waals surface area contributed by atoms with Gasteiger partial charge in [0.2, 0.25) is 0 Å². The van der Waals surface area contributed by atoms with Gasteiger partial charge in [0, 0.05) is 23.1 Å². The number of anilines is 1. The minimum absolute atomic E-state index is 0.0644. The Morgan fingerprint density at radius 1 is 1.40 bits per heavy atom. The van der Waals surface area contributed by atoms with Crippen LogP contribution in [0.5, 0.6) is 0 Å². The molecule has 1 N–H and O–H groups in total. The molecule has 0 atom stereocenters. The Labute approximate surface area is 116 Å². The highest BCUT2D eigenvalue weighted by Crippen LogP contribution is 2.39. The third-order valence-electron chi connectivity index (χ3n) is 4.20. The molecule has 1 aromatic carbocycles. The largest absolute Gasteiger partial charge is 0.364 e. The molecule has 0 unspecified atom stereocenters. The molecule has 0 aliphatic heterocycles. The molecule has 1 aliphatic carbocycles. The fraction of sp³-hybridized carbons (Fsp3) is 0.429. The number of hydrogen-bond acceptors (Lipinski definition) is 5. The van der Waals surface area contributed by atoms with Crippen LogP contribution >= 0.6 is 0 Å². The van der Waals surface area contributed by atoms with E-state index in [2.05, 4.69) is 22.2 Å². The van der Waals surface area contributed by atoms with Crippen LogP contribution in [0.25, 0.3) is 10.9 Å². The Morgan fingerprint density at radius 3 is 2.80 bits per heavy atom. The highest BCUT2D eigenvalue weighted by molar-refractivity contribution is 5.90. The van der Waals surface area contributed by atoms with Gasteiger partial charge in [0.1, 0.15) is 12.1 Å². The van der Waals surface area contributed by atoms with Crippen molar-refractivity contribution in [1.29, 1.82) is 0 Å². The van der Waals surface area contributed by atoms with Crippen molar-refractivity contribution in [3.05, 3.63) is 34.6 Å². The zero-order valence-electron chi connectivity index (χ0n) is 11.3. The molecule has 1 aromatic heterocycles. The number of nitrogens with zero attached hydrogens (tertiary/aromatic N) is 3. The molecular weight excluding hydrogens is 256 g/mol. The highest BCUT2D eigenvalue weighted by atomic mass is 16.6. The van der Waals surface area contributed by atoms with Gasteiger partial charge >= 0.3 is 0 Å². The molecule has 1 saturated carbocycles. The molecule has 0 bridgehead atoms. The van der Waals surface area contributed by atoms with Crippen LogP contribution in [-0.4, -0.2) is 20.4 Å². The molecule has 6 heteroatoms. The Kier molecular flexibility index (Phi) is 3.00. The first-order valence-electron chi connectivity index (χ1n) is 6.81. The molecule has 2 aromatic rings. The fourth-order valence-corrected chi connectivity index (χ4v) is 2.68. The summed E-state index contributed by atoms with van der Waals surface area (Å²) in [5, 5.41) is 15.1. The molecular formula is C14H16N4O2. The van der Waals surface area contributed by atoms with Gasteiger partial charge in [-0.25, -0.2) is 9.97 Å². The van der Waals surface area contributed by atoms with Gasteiger partial charge in [-0.3, -0.25) is 10.1 Å². The predicted octanol–water partition coefficient (Wildman–Crippen LogP) is 3.28. The lowest BCUT2D eigenvalue weighted by atomic mass is 9.75. The summed E-state index contributed by atoms with van der Waals surface area (Å²) in [7, 11) is 0. The first kappa shape index (κ1) is 12.8. The Morgan fingerprint density at radius 2 is 2.20 bits per heavy atom. The van der Waals surface area contributed by atoms with E-state index in [0.29, 0.717) is 11.2 Å². The molecule has 3 rings (SSSR count). The van der Waals surface area contributed by atoms with Gasteiger partial charge in [-0.2, -0.15) is 0 Å². The molecule has 0 spiro atoms. The van der Waals surface area contributed by atoms with Crippen LogP contribution in [0.15, 0.2) is 24.5 Å². The van der Waals surface area contributed by atoms with Crippen LogP contribution in [0.4, 0.5) is 11.5 Å². The van der Waals surface area contributed by atoms with Crippen molar-refractivity contribution in [2.45, 2.75) is 38.1 Å². The van der Waals surface area contributed by atoms with Gasteiger partial charge in [0.25, 0.3) is 5.69 Å². The third-order valence-corrected chi connectivity index (χ3v) is 4.20. The number of benzene rings is 1. The lowest BCUT2D eigenvalue weighted by Crippen LogP contribution is -2.44. The van der Waals surface area contributed by atoms with E-state index in [0.717, 1.165) is 24.8 Å². The summed E-state index contributed by atoms with van der Waals surface area (Å²) in [5.74, 6) is 0.695. The van der Waals surface area contributed by atoms with Crippen molar-refractivity contribution in [3.8, 4) is 0 Å². The van der Waals surface area contributed by atoms with Gasteiger partial charge in [0.15, 0.2) is 0 Å². The third kappa shape index (κ3) is 2.07. The number of non-ortho nitro benzene ring substituents is 1. The fourth-order valence-electron chi connectivity index (χ4n) is 2.68. The minimum Gasteiger partial charge on any atom is -0.364 e. The van der Waals surface area contributed by atoms with Crippen molar-refractivity contribution < 1.29 is 4.92 Å². The first-order valence-corrected chi connectivity index (χ1v) is 6.81. The van der Waals surface area contributed by atoms with Crippen LogP contribution < -0.4 is 5.32 Å². The van der Waals surface area contributed by atoms with E-state index in [9.17, 15) is 10.1 Å². The summed E-state index contributed by atoms with van der Waals surface area (Å²) in [6.07, 6.45) is 5.96. The van der Waals surface area contributed by atoms with E-state index in [4.69, 9.17) is 0 Å². The van der Waals surface area contributed by atoms with Crippen molar-refractivity contribution in [1.82, 2.24) is 9.97 Å². The smallest absolute Gasteiger partial charge is 0.270 e. The minimum atomic E-state index is -0.394. The zero-order chi connectivity index (χ0) is 14.2. The summed E-state index contributed by atoms with van der Waals surface area (Å²) < 4.78 is 0. The number of nitro groups is 1. The monoisotopic (exact) mass is 272 g/mol. The van der Waals surface area contributed by atoms with Crippen LogP contribution in [0.2, 0.25) is 0 Å². The topological polar surface area (TPSA) is 81.0 Å². The molecule has 104 valence electrons. The number of nitrogens with one attached hydrogen (secondary N) is 1. The van der Waals surface area contributed by atoms with Crippen molar-refractivity contribution in [2.75, 3.05) is 5.32 Å². The maximum Gasteiger partial charge on any atom is 0.270 e. The van der Waals surface area contributed by atoms with E-state index in [1.54, 1.807) is 12.1 Å². The summed E-state index contributed by atoms with van der Waals surface area (Å²) in [4.78, 5) is 19.0. The second kappa shape index (κ2) is 4.70. The molecule has 1 fully saturated rings. The van der Waals surface area contributed by atoms with Crippen molar-refractivity contribution in [2.24, 2.45) is 0 Å². The van der Waals surface area contributed by atoms with E-state index < -0.39 is 4.92 Å². The van der Waals surface area contributed by atoms with Gasteiger partial charge in [0.05, 0.1) is 10.4 Å². The van der Waals surface area contributed by atoms with Crippen molar-refractivity contribution >= 4 is 22.4 Å². The molecule has 6 nitrogen and oxygen atoms in total. The van der Waals surface area contributed by atoms with E-state index >= 15 is 0 Å². The molecule has 20 heavy (non-hydrogen) atoms. The van der Waals surface area contributed by atoms with E-state index in [1.807, 2.05) is 0 Å². The maximum absolute atomic E-state index is 10.9. The SMILES string of the molecule is CCC1(Nc2ncnc3ccc([N+](=O)[O-])cc23)CCC1. The van der Waals surface area contributed by atoms with Crippen LogP contribution in [-0.2, 0) is 0 Å². The lowest BCUT2D eigenvalue weighted by Gasteiger charge is -2.42. The average molecular weight is 272 g/mol. The standard InChI is InChI=1S/C14H16N4O2/c1-2-14(6-3-7-14)17-13-11-8-10(18(19)20)4-5-12(11)15-9-16-13/h4-5,8-9H,2-3,6-7H2,1H3,(H,15,16,17). The Hall–Kier alpha value is -2.24. The highest BCUT2D eigenvalue weighted by Gasteiger charge is 2.35. The van der Waals surface area contributed by atoms with Crippen LogP contribution in [0.1, 0.15) is 32.6 Å². The predicted molar refractivity (Wildman–Crippen MR) is 76.7 cm³/mol. The normalized spacial score (nSPS) is 16.6. The number of aromatic nitrogens is 2. The zero-order valence-corrected chi connectivity index (χ0v) is 11.3. The number of rotatable bonds is 4. The average Bonchev–Trinajstić information content (AvgIpc) is 2.42. The lowest BCUT2D eigenvalue weighted by molar-refractivity contribution is -0.384. The summed E-state index contributed by atoms with van der Waals surface area (Å²) in [6.45, 7) is 2.15. The van der Waals surface area contributed by atoms with Crippen LogP contribution in [0.3, 0.4) is 0 Å². The molecule has 1 heterocycles. The molecule has 0 amide bonds. The van der Waals surface area contributed by atoms with E-state index in [1.165, 1.54) is 18.8 Å². The molecule has 0 radical (unpaired) electrons. The summed E-state index contributed by atoms with van der Waals surface area (Å²) in [5.41, 5.74) is 0.875. The summed E-state index contributed by atoms with van der Waals surface area (Å²) in [6, 6.07) is 4.68. The molecule has 0 saturated heterocycles.